The Morgan fingerprint density at radius 2 is 2.00 bits per heavy atom. The van der Waals surface area contributed by atoms with Crippen LogP contribution in [0.3, 0.4) is 0 Å². The highest BCUT2D eigenvalue weighted by Crippen LogP contribution is 2.27. The van der Waals surface area contributed by atoms with E-state index in [1.54, 1.807) is 7.11 Å². The molecule has 0 aliphatic carbocycles. The third-order valence-corrected chi connectivity index (χ3v) is 4.48. The van der Waals surface area contributed by atoms with E-state index in [2.05, 4.69) is 35.1 Å². The average molecular weight is 356 g/mol. The van der Waals surface area contributed by atoms with E-state index in [9.17, 15) is 4.79 Å². The van der Waals surface area contributed by atoms with Crippen molar-refractivity contribution in [2.45, 2.75) is 37.4 Å². The van der Waals surface area contributed by atoms with E-state index in [0.29, 0.717) is 19.1 Å². The van der Waals surface area contributed by atoms with Gasteiger partial charge in [0.25, 0.3) is 0 Å². The Hall–Kier alpha value is -0.870. The summed E-state index contributed by atoms with van der Waals surface area (Å²) in [6, 6.07) is 10.0. The molecule has 21 heavy (non-hydrogen) atoms. The Morgan fingerprint density at radius 3 is 2.57 bits per heavy atom. The molecule has 0 heterocycles. The van der Waals surface area contributed by atoms with Gasteiger partial charge in [-0.1, -0.05) is 66.5 Å². The Balaban J connectivity index is 2.61. The number of benzene rings is 1. The zero-order chi connectivity index (χ0) is 15.7. The summed E-state index contributed by atoms with van der Waals surface area (Å²) >= 11 is 3.54. The fourth-order valence-corrected chi connectivity index (χ4v) is 2.85. The van der Waals surface area contributed by atoms with Crippen LogP contribution in [0.1, 0.15) is 38.2 Å². The van der Waals surface area contributed by atoms with Crippen molar-refractivity contribution < 1.29 is 9.53 Å². The summed E-state index contributed by atoms with van der Waals surface area (Å²) in [4.78, 5) is 12.8. The van der Waals surface area contributed by atoms with E-state index in [-0.39, 0.29) is 16.7 Å². The normalized spacial score (nSPS) is 15.2. The van der Waals surface area contributed by atoms with Gasteiger partial charge in [-0.25, -0.2) is 0 Å². The fraction of sp³-hybridized carbons (Fsp3) is 0.588. The predicted octanol–water partition coefficient (Wildman–Crippen LogP) is 3.73. The number of carbonyl (C=O) groups is 1. The largest absolute Gasteiger partial charge is 0.384 e. The fourth-order valence-electron chi connectivity index (χ4n) is 2.36. The summed E-state index contributed by atoms with van der Waals surface area (Å²) in [7, 11) is 1.68. The van der Waals surface area contributed by atoms with Gasteiger partial charge in [0.15, 0.2) is 0 Å². The standard InChI is InChI=1S/C17H26BrNO2/c1-4-13(2)16(14-8-6-5-7-9-14)17(20)19-11-10-15(18)12-21-3/h5-9,13,15-16H,4,10-12H2,1-3H3,(H,19,20). The first-order valence-corrected chi connectivity index (χ1v) is 8.47. The molecule has 0 spiro atoms. The molecule has 4 heteroatoms. The van der Waals surface area contributed by atoms with Gasteiger partial charge in [0.1, 0.15) is 0 Å². The Kier molecular flexibility index (Phi) is 8.62. The monoisotopic (exact) mass is 355 g/mol. The average Bonchev–Trinajstić information content (AvgIpc) is 2.48. The van der Waals surface area contributed by atoms with E-state index in [1.165, 1.54) is 0 Å². The highest BCUT2D eigenvalue weighted by Gasteiger charge is 2.25. The molecule has 0 saturated heterocycles. The molecule has 0 bridgehead atoms. The lowest BCUT2D eigenvalue weighted by molar-refractivity contribution is -0.123. The van der Waals surface area contributed by atoms with Crippen molar-refractivity contribution in [1.82, 2.24) is 5.32 Å². The number of methoxy groups -OCH3 is 1. The smallest absolute Gasteiger partial charge is 0.227 e. The summed E-state index contributed by atoms with van der Waals surface area (Å²) < 4.78 is 5.07. The zero-order valence-corrected chi connectivity index (χ0v) is 14.7. The van der Waals surface area contributed by atoms with Crippen molar-refractivity contribution in [2.75, 3.05) is 20.3 Å². The lowest BCUT2D eigenvalue weighted by Gasteiger charge is -2.23. The van der Waals surface area contributed by atoms with Crippen molar-refractivity contribution in [1.29, 1.82) is 0 Å². The van der Waals surface area contributed by atoms with Gasteiger partial charge in [-0.2, -0.15) is 0 Å². The Labute approximate surface area is 136 Å². The van der Waals surface area contributed by atoms with Crippen LogP contribution >= 0.6 is 15.9 Å². The maximum absolute atomic E-state index is 12.5. The molecule has 1 aromatic carbocycles. The molecule has 1 aromatic rings. The van der Waals surface area contributed by atoms with E-state index in [1.807, 2.05) is 30.3 Å². The number of alkyl halides is 1. The number of halogens is 1. The molecule has 0 saturated carbocycles. The number of ether oxygens (including phenoxy) is 1. The second-order valence-corrected chi connectivity index (χ2v) is 6.70. The van der Waals surface area contributed by atoms with Crippen molar-refractivity contribution in [3.8, 4) is 0 Å². The molecule has 3 atom stereocenters. The van der Waals surface area contributed by atoms with Gasteiger partial charge in [0, 0.05) is 18.5 Å². The van der Waals surface area contributed by atoms with Gasteiger partial charge in [0.2, 0.25) is 5.91 Å². The molecular formula is C17H26BrNO2. The summed E-state index contributed by atoms with van der Waals surface area (Å²) in [6.45, 7) is 5.58. The maximum Gasteiger partial charge on any atom is 0.227 e. The van der Waals surface area contributed by atoms with Crippen LogP contribution in [0.2, 0.25) is 0 Å². The molecule has 1 amide bonds. The van der Waals surface area contributed by atoms with Gasteiger partial charge in [-0.3, -0.25) is 4.79 Å². The topological polar surface area (TPSA) is 38.3 Å². The molecule has 118 valence electrons. The molecule has 1 rings (SSSR count). The first-order chi connectivity index (χ1) is 10.1. The molecule has 0 radical (unpaired) electrons. The van der Waals surface area contributed by atoms with Gasteiger partial charge >= 0.3 is 0 Å². The van der Waals surface area contributed by atoms with Crippen LogP contribution < -0.4 is 5.32 Å². The maximum atomic E-state index is 12.5. The van der Waals surface area contributed by atoms with Crippen LogP contribution in [0.15, 0.2) is 30.3 Å². The Bertz CT molecular complexity index is 411. The molecule has 3 unspecified atom stereocenters. The molecule has 3 nitrogen and oxygen atoms in total. The number of nitrogens with one attached hydrogen (secondary N) is 1. The number of hydrogen-bond donors (Lipinski definition) is 1. The molecule has 0 aliphatic heterocycles. The van der Waals surface area contributed by atoms with Crippen LogP contribution in [0.5, 0.6) is 0 Å². The van der Waals surface area contributed by atoms with Crippen LogP contribution in [0, 0.1) is 5.92 Å². The van der Waals surface area contributed by atoms with E-state index < -0.39 is 0 Å². The third kappa shape index (κ3) is 6.18. The number of amides is 1. The van der Waals surface area contributed by atoms with Crippen LogP contribution in [0.25, 0.3) is 0 Å². The van der Waals surface area contributed by atoms with Crippen LogP contribution in [0.4, 0.5) is 0 Å². The van der Waals surface area contributed by atoms with Gasteiger partial charge in [0.05, 0.1) is 12.5 Å². The first-order valence-electron chi connectivity index (χ1n) is 7.55. The predicted molar refractivity (Wildman–Crippen MR) is 90.9 cm³/mol. The summed E-state index contributed by atoms with van der Waals surface area (Å²) in [6.07, 6.45) is 1.85. The van der Waals surface area contributed by atoms with Crippen LogP contribution in [-0.2, 0) is 9.53 Å². The highest BCUT2D eigenvalue weighted by atomic mass is 79.9. The number of rotatable bonds is 9. The van der Waals surface area contributed by atoms with Crippen molar-refractivity contribution in [3.63, 3.8) is 0 Å². The van der Waals surface area contributed by atoms with Gasteiger partial charge in [-0.05, 0) is 17.9 Å². The quantitative estimate of drug-likeness (QED) is 0.685. The van der Waals surface area contributed by atoms with E-state index in [0.717, 1.165) is 18.4 Å². The molecule has 0 aromatic heterocycles. The second-order valence-electron chi connectivity index (χ2n) is 5.41. The van der Waals surface area contributed by atoms with E-state index >= 15 is 0 Å². The summed E-state index contributed by atoms with van der Waals surface area (Å²) in [5.41, 5.74) is 1.09. The zero-order valence-electron chi connectivity index (χ0n) is 13.1. The SMILES string of the molecule is CCC(C)C(C(=O)NCCC(Br)COC)c1ccccc1. The van der Waals surface area contributed by atoms with Gasteiger partial charge < -0.3 is 10.1 Å². The first kappa shape index (κ1) is 18.2. The molecule has 0 fully saturated rings. The van der Waals surface area contributed by atoms with Crippen LogP contribution in [-0.4, -0.2) is 31.0 Å². The minimum atomic E-state index is -0.0765. The lowest BCUT2D eigenvalue weighted by Crippen LogP contribution is -2.34. The second kappa shape index (κ2) is 9.96. The van der Waals surface area contributed by atoms with Crippen molar-refractivity contribution in [3.05, 3.63) is 35.9 Å². The minimum absolute atomic E-state index is 0.0765. The number of hydrogen-bond acceptors (Lipinski definition) is 2. The Morgan fingerprint density at radius 1 is 1.33 bits per heavy atom. The summed E-state index contributed by atoms with van der Waals surface area (Å²) in [5, 5.41) is 3.06. The van der Waals surface area contributed by atoms with Crippen molar-refractivity contribution >= 4 is 21.8 Å². The van der Waals surface area contributed by atoms with E-state index in [4.69, 9.17) is 4.74 Å². The molecule has 0 aliphatic rings. The lowest BCUT2D eigenvalue weighted by atomic mass is 9.85. The number of carbonyl (C=O) groups excluding carboxylic acids is 1. The molecular weight excluding hydrogens is 330 g/mol. The van der Waals surface area contributed by atoms with Crippen molar-refractivity contribution in [2.24, 2.45) is 5.92 Å². The third-order valence-electron chi connectivity index (χ3n) is 3.76. The minimum Gasteiger partial charge on any atom is -0.384 e. The molecule has 1 N–H and O–H groups in total. The summed E-state index contributed by atoms with van der Waals surface area (Å²) in [5.74, 6) is 0.367. The highest BCUT2D eigenvalue weighted by molar-refractivity contribution is 9.09. The van der Waals surface area contributed by atoms with Gasteiger partial charge in [-0.15, -0.1) is 0 Å².